The lowest BCUT2D eigenvalue weighted by molar-refractivity contribution is 1.16. The van der Waals surface area contributed by atoms with Gasteiger partial charge < -0.3 is 18.9 Å². The number of nitrogens with zero attached hydrogens (tertiary/aromatic N) is 6. The minimum absolute atomic E-state index is 0.103. The van der Waals surface area contributed by atoms with Gasteiger partial charge in [0.05, 0.1) is 34.2 Å². The topological polar surface area (TPSA) is 44.5 Å². The fraction of sp³-hybridized carbons (Fsp3) is 0. The third-order valence-electron chi connectivity index (χ3n) is 13.1. The molecule has 11 aromatic rings. The number of nitriles is 1. The van der Waals surface area contributed by atoms with Crippen LogP contribution in [0.15, 0.2) is 200 Å². The quantitative estimate of drug-likeness (QED) is 0.132. The average Bonchev–Trinajstić information content (AvgIpc) is 3.87. The Bertz CT molecular complexity index is 3550. The van der Waals surface area contributed by atoms with E-state index in [0.717, 1.165) is 89.1 Å². The van der Waals surface area contributed by atoms with Gasteiger partial charge in [0.2, 0.25) is 5.69 Å². The van der Waals surface area contributed by atoms with Crippen LogP contribution in [-0.2, 0) is 0 Å². The van der Waals surface area contributed by atoms with Gasteiger partial charge >= 0.3 is 0 Å². The Morgan fingerprint density at radius 1 is 0.429 bits per heavy atom. The second-order valence-electron chi connectivity index (χ2n) is 16.3. The summed E-state index contributed by atoms with van der Waals surface area (Å²) in [5.74, 6) is 0. The fourth-order valence-electron chi connectivity index (χ4n) is 10.6. The zero-order valence-corrected chi connectivity index (χ0v) is 33.8. The molecular weight excluding hydrogens is 767 g/mol. The lowest BCUT2D eigenvalue weighted by Gasteiger charge is -2.44. The Morgan fingerprint density at radius 2 is 0.905 bits per heavy atom. The van der Waals surface area contributed by atoms with Gasteiger partial charge in [0.25, 0.3) is 6.71 Å². The zero-order valence-electron chi connectivity index (χ0n) is 33.8. The molecular formula is C56H33BN6. The Morgan fingerprint density at radius 3 is 1.46 bits per heavy atom. The molecule has 0 N–H and O–H groups in total. The molecule has 0 spiro atoms. The molecule has 0 saturated carbocycles. The molecule has 2 aliphatic rings. The van der Waals surface area contributed by atoms with Crippen molar-refractivity contribution in [2.24, 2.45) is 0 Å². The van der Waals surface area contributed by atoms with Crippen LogP contribution < -0.4 is 26.2 Å². The molecule has 290 valence electrons. The van der Waals surface area contributed by atoms with Gasteiger partial charge in [-0.3, -0.25) is 0 Å². The van der Waals surface area contributed by atoms with E-state index in [0.29, 0.717) is 11.3 Å². The van der Waals surface area contributed by atoms with Crippen LogP contribution in [0.25, 0.3) is 59.8 Å². The van der Waals surface area contributed by atoms with E-state index in [-0.39, 0.29) is 6.71 Å². The highest BCUT2D eigenvalue weighted by Gasteiger charge is 2.43. The van der Waals surface area contributed by atoms with Crippen LogP contribution in [-0.4, -0.2) is 15.8 Å². The normalized spacial score (nSPS) is 12.6. The van der Waals surface area contributed by atoms with Gasteiger partial charge in [-0.15, -0.1) is 0 Å². The molecule has 2 aromatic heterocycles. The van der Waals surface area contributed by atoms with Crippen LogP contribution in [0.3, 0.4) is 0 Å². The van der Waals surface area contributed by atoms with Crippen molar-refractivity contribution >= 4 is 107 Å². The number of para-hydroxylation sites is 6. The summed E-state index contributed by atoms with van der Waals surface area (Å²) in [6.45, 7) is 8.10. The number of rotatable bonds is 4. The summed E-state index contributed by atoms with van der Waals surface area (Å²) in [5.41, 5.74) is 17.4. The zero-order chi connectivity index (χ0) is 41.8. The van der Waals surface area contributed by atoms with Gasteiger partial charge in [0, 0.05) is 61.7 Å². The van der Waals surface area contributed by atoms with E-state index in [4.69, 9.17) is 6.57 Å². The van der Waals surface area contributed by atoms with Crippen LogP contribution in [0.2, 0.25) is 0 Å². The summed E-state index contributed by atoms with van der Waals surface area (Å²) in [4.78, 5) is 8.86. The second-order valence-corrected chi connectivity index (χ2v) is 16.3. The smallest absolute Gasteiger partial charge is 0.252 e. The van der Waals surface area contributed by atoms with Crippen molar-refractivity contribution in [2.75, 3.05) is 9.80 Å². The number of aromatic nitrogens is 2. The lowest BCUT2D eigenvalue weighted by atomic mass is 9.33. The molecule has 0 radical (unpaired) electrons. The van der Waals surface area contributed by atoms with E-state index in [9.17, 15) is 5.26 Å². The van der Waals surface area contributed by atoms with Crippen LogP contribution in [0.5, 0.6) is 0 Å². The number of hydrogen-bond donors (Lipinski definition) is 0. The highest BCUT2D eigenvalue weighted by Crippen LogP contribution is 2.46. The molecule has 0 fully saturated rings. The third kappa shape index (κ3) is 4.88. The van der Waals surface area contributed by atoms with E-state index in [1.165, 1.54) is 16.4 Å². The highest BCUT2D eigenvalue weighted by atomic mass is 15.2. The first kappa shape index (κ1) is 35.0. The number of hydrogen-bond acceptors (Lipinski definition) is 3. The second kappa shape index (κ2) is 13.4. The largest absolute Gasteiger partial charge is 0.319 e. The molecule has 0 unspecified atom stereocenters. The van der Waals surface area contributed by atoms with Crippen LogP contribution in [0.4, 0.5) is 39.8 Å². The van der Waals surface area contributed by atoms with Crippen molar-refractivity contribution in [3.8, 4) is 17.4 Å². The minimum Gasteiger partial charge on any atom is -0.319 e. The Hall–Kier alpha value is -8.78. The van der Waals surface area contributed by atoms with Gasteiger partial charge in [-0.25, -0.2) is 4.85 Å². The summed E-state index contributed by atoms with van der Waals surface area (Å²) >= 11 is 0. The Balaban J connectivity index is 1.11. The summed E-state index contributed by atoms with van der Waals surface area (Å²) < 4.78 is 4.53. The average molecular weight is 801 g/mol. The summed E-state index contributed by atoms with van der Waals surface area (Å²) in [7, 11) is 0. The molecule has 2 aliphatic heterocycles. The van der Waals surface area contributed by atoms with Gasteiger partial charge in [0.15, 0.2) is 0 Å². The maximum atomic E-state index is 10.4. The van der Waals surface area contributed by atoms with Gasteiger partial charge in [0.1, 0.15) is 6.07 Å². The van der Waals surface area contributed by atoms with E-state index in [2.05, 4.69) is 206 Å². The predicted molar refractivity (Wildman–Crippen MR) is 260 cm³/mol. The molecule has 7 heteroatoms. The first-order valence-corrected chi connectivity index (χ1v) is 21.2. The number of benzene rings is 9. The summed E-state index contributed by atoms with van der Waals surface area (Å²) in [6.07, 6.45) is 0. The minimum atomic E-state index is -0.103. The molecule has 0 atom stereocenters. The van der Waals surface area contributed by atoms with E-state index in [1.807, 2.05) is 24.3 Å². The third-order valence-corrected chi connectivity index (χ3v) is 13.1. The SMILES string of the molecule is [C-]#[N+]c1cccc2c3ccccc3n(-c3ccc4c(c3)N(c3ccccc3)c3cccc5c3B4c3ccc(-n4c6ccccc6c6cccc(C#N)c64)cc3N5c3ccccc3)c12. The van der Waals surface area contributed by atoms with Crippen molar-refractivity contribution in [1.82, 2.24) is 9.13 Å². The Labute approximate surface area is 363 Å². The molecule has 4 heterocycles. The van der Waals surface area contributed by atoms with E-state index < -0.39 is 0 Å². The van der Waals surface area contributed by atoms with E-state index in [1.54, 1.807) is 0 Å². The fourth-order valence-corrected chi connectivity index (χ4v) is 10.6. The van der Waals surface area contributed by atoms with Crippen LogP contribution in [0.1, 0.15) is 5.56 Å². The maximum absolute atomic E-state index is 10.4. The molecule has 9 aromatic carbocycles. The van der Waals surface area contributed by atoms with Crippen molar-refractivity contribution in [2.45, 2.75) is 0 Å². The number of anilines is 6. The summed E-state index contributed by atoms with van der Waals surface area (Å²) in [5, 5.41) is 14.8. The first-order valence-electron chi connectivity index (χ1n) is 21.2. The van der Waals surface area contributed by atoms with Gasteiger partial charge in [-0.1, -0.05) is 121 Å². The van der Waals surface area contributed by atoms with Crippen LogP contribution in [0, 0.1) is 17.9 Å². The molecule has 0 saturated heterocycles. The molecule has 6 nitrogen and oxygen atoms in total. The molecule has 0 amide bonds. The van der Waals surface area contributed by atoms with Crippen molar-refractivity contribution in [1.29, 1.82) is 5.26 Å². The highest BCUT2D eigenvalue weighted by molar-refractivity contribution is 7.00. The molecule has 63 heavy (non-hydrogen) atoms. The van der Waals surface area contributed by atoms with Crippen molar-refractivity contribution in [3.63, 3.8) is 0 Å². The summed E-state index contributed by atoms with van der Waals surface area (Å²) in [6, 6.07) is 73.2. The standard InChI is InChI=1S/C56H33BN6/c1-59-47-24-13-23-44-42-21-9-11-26-49(42)63(56(44)47)40-30-32-46-53(34-40)61(38-18-6-3-7-19-38)51-28-14-27-50-54(51)57(46)45-31-29-39(33-52(45)60(50)37-16-4-2-5-17-37)62-48-25-10-8-20-41(48)43-22-12-15-36(35-58)55(43)62/h2-34H. The van der Waals surface area contributed by atoms with Gasteiger partial charge in [-0.05, 0) is 101 Å². The van der Waals surface area contributed by atoms with E-state index >= 15 is 0 Å². The lowest BCUT2D eigenvalue weighted by Crippen LogP contribution is -2.61. The van der Waals surface area contributed by atoms with Crippen molar-refractivity contribution in [3.05, 3.63) is 217 Å². The Kier molecular flexibility index (Phi) is 7.43. The van der Waals surface area contributed by atoms with Gasteiger partial charge in [-0.2, -0.15) is 5.26 Å². The monoisotopic (exact) mass is 800 g/mol. The van der Waals surface area contributed by atoms with Crippen LogP contribution >= 0.6 is 0 Å². The molecule has 0 aliphatic carbocycles. The molecule has 13 rings (SSSR count). The predicted octanol–water partition coefficient (Wildman–Crippen LogP) is 12.4. The maximum Gasteiger partial charge on any atom is 0.252 e. The number of fused-ring (bicyclic) bond motifs is 10. The van der Waals surface area contributed by atoms with Crippen molar-refractivity contribution < 1.29 is 0 Å². The first-order chi connectivity index (χ1) is 31.2. The molecule has 0 bridgehead atoms.